The Morgan fingerprint density at radius 2 is 2.11 bits per heavy atom. The summed E-state index contributed by atoms with van der Waals surface area (Å²) in [4.78, 5) is 18.3. The third-order valence-corrected chi connectivity index (χ3v) is 4.86. The Balaban J connectivity index is 2.35. The molecule has 0 atom stereocenters. The molecule has 0 unspecified atom stereocenters. The number of nitrogens with one attached hydrogen (secondary N) is 1. The van der Waals surface area contributed by atoms with E-state index in [0.717, 1.165) is 16.9 Å². The number of carbonyl (C=O) groups is 1. The van der Waals surface area contributed by atoms with Crippen molar-refractivity contribution >= 4 is 33.1 Å². The van der Waals surface area contributed by atoms with E-state index in [1.165, 1.54) is 17.8 Å². The van der Waals surface area contributed by atoms with Gasteiger partial charge in [-0.1, -0.05) is 6.07 Å². The highest BCUT2D eigenvalue weighted by Gasteiger charge is 2.26. The zero-order valence-electron chi connectivity index (χ0n) is 9.69. The Morgan fingerprint density at radius 1 is 1.37 bits per heavy atom. The molecule has 2 N–H and O–H groups in total. The van der Waals surface area contributed by atoms with Crippen LogP contribution in [0.5, 0.6) is 0 Å². The number of carboxylic acid groups (broad SMARTS) is 1. The molecule has 2 rings (SSSR count). The van der Waals surface area contributed by atoms with Gasteiger partial charge in [0, 0.05) is 6.20 Å². The predicted octanol–water partition coefficient (Wildman–Crippen LogP) is 1.35. The van der Waals surface area contributed by atoms with E-state index in [1.807, 2.05) is 6.92 Å². The highest BCUT2D eigenvalue weighted by molar-refractivity contribution is 7.94. The molecule has 0 amide bonds. The maximum absolute atomic E-state index is 12.0. The average Bonchev–Trinajstić information content (AvgIpc) is 2.82. The van der Waals surface area contributed by atoms with E-state index in [2.05, 4.69) is 14.7 Å². The third kappa shape index (κ3) is 2.88. The number of nitrogens with zero attached hydrogens (tertiary/aromatic N) is 2. The first-order chi connectivity index (χ1) is 8.90. The Morgan fingerprint density at radius 3 is 2.68 bits per heavy atom. The van der Waals surface area contributed by atoms with Crippen LogP contribution in [0.15, 0.2) is 28.0 Å². The second-order valence-corrected chi connectivity index (χ2v) is 6.35. The van der Waals surface area contributed by atoms with E-state index in [-0.39, 0.29) is 10.0 Å². The zero-order chi connectivity index (χ0) is 14.0. The number of thiazole rings is 1. The molecular weight excluding hydrogens is 290 g/mol. The number of aromatic carboxylic acids is 1. The summed E-state index contributed by atoms with van der Waals surface area (Å²) in [5.41, 5.74) is 1.55. The van der Waals surface area contributed by atoms with Gasteiger partial charge in [0.2, 0.25) is 0 Å². The van der Waals surface area contributed by atoms with Gasteiger partial charge in [0.05, 0.1) is 5.51 Å². The fourth-order valence-electron chi connectivity index (χ4n) is 1.28. The first-order valence-corrected chi connectivity index (χ1v) is 7.38. The number of hydrogen-bond acceptors (Lipinski definition) is 6. The molecule has 0 aromatic carbocycles. The first kappa shape index (κ1) is 13.4. The molecule has 0 saturated heterocycles. The van der Waals surface area contributed by atoms with E-state index in [1.54, 1.807) is 6.07 Å². The maximum atomic E-state index is 12.0. The zero-order valence-corrected chi connectivity index (χ0v) is 11.3. The van der Waals surface area contributed by atoms with Gasteiger partial charge in [0.1, 0.15) is 5.82 Å². The van der Waals surface area contributed by atoms with Gasteiger partial charge in [-0.15, -0.1) is 11.3 Å². The second kappa shape index (κ2) is 4.94. The summed E-state index contributed by atoms with van der Waals surface area (Å²) >= 11 is 0.737. The third-order valence-electron chi connectivity index (χ3n) is 2.13. The average molecular weight is 299 g/mol. The summed E-state index contributed by atoms with van der Waals surface area (Å²) in [5, 5.41) is 8.86. The normalized spacial score (nSPS) is 11.2. The molecule has 0 fully saturated rings. The Hall–Kier alpha value is -2.00. The quantitative estimate of drug-likeness (QED) is 0.881. The Bertz CT molecular complexity index is 707. The molecule has 0 aliphatic carbocycles. The van der Waals surface area contributed by atoms with Gasteiger partial charge in [-0.3, -0.25) is 4.72 Å². The van der Waals surface area contributed by atoms with Gasteiger partial charge < -0.3 is 5.11 Å². The van der Waals surface area contributed by atoms with Crippen LogP contribution in [-0.4, -0.2) is 29.5 Å². The standard InChI is InChI=1S/C10H9N3O4S2/c1-6-2-3-7(11-4-6)13-19(16,17)10-8(9(14)15)12-5-18-10/h2-5H,1H3,(H,11,13)(H,14,15). The van der Waals surface area contributed by atoms with Crippen molar-refractivity contribution in [1.82, 2.24) is 9.97 Å². The SMILES string of the molecule is Cc1ccc(NS(=O)(=O)c2scnc2C(=O)O)nc1. The molecule has 0 saturated carbocycles. The number of rotatable bonds is 4. The number of aromatic nitrogens is 2. The molecule has 100 valence electrons. The van der Waals surface area contributed by atoms with Gasteiger partial charge in [0.15, 0.2) is 9.90 Å². The molecule has 0 bridgehead atoms. The number of carboxylic acids is 1. The van der Waals surface area contributed by atoms with Gasteiger partial charge in [-0.25, -0.2) is 23.2 Å². The molecule has 2 heterocycles. The van der Waals surface area contributed by atoms with Crippen molar-refractivity contribution in [1.29, 1.82) is 0 Å². The van der Waals surface area contributed by atoms with E-state index in [9.17, 15) is 13.2 Å². The van der Waals surface area contributed by atoms with Crippen molar-refractivity contribution in [3.63, 3.8) is 0 Å². The molecule has 9 heteroatoms. The number of hydrogen-bond donors (Lipinski definition) is 2. The number of pyridine rings is 1. The molecule has 2 aromatic rings. The van der Waals surface area contributed by atoms with Crippen LogP contribution in [0, 0.1) is 6.92 Å². The van der Waals surface area contributed by atoms with Crippen molar-refractivity contribution in [3.05, 3.63) is 35.1 Å². The van der Waals surface area contributed by atoms with Gasteiger partial charge in [-0.05, 0) is 18.6 Å². The highest BCUT2D eigenvalue weighted by atomic mass is 32.2. The minimum Gasteiger partial charge on any atom is -0.476 e. The lowest BCUT2D eigenvalue weighted by atomic mass is 10.3. The van der Waals surface area contributed by atoms with Crippen LogP contribution in [0.3, 0.4) is 0 Å². The maximum Gasteiger partial charge on any atom is 0.356 e. The fraction of sp³-hybridized carbons (Fsp3) is 0.100. The molecule has 2 aromatic heterocycles. The van der Waals surface area contributed by atoms with Crippen LogP contribution in [0.4, 0.5) is 5.82 Å². The minimum atomic E-state index is -4.00. The van der Waals surface area contributed by atoms with E-state index < -0.39 is 21.7 Å². The lowest BCUT2D eigenvalue weighted by Crippen LogP contribution is -2.16. The summed E-state index contributed by atoms with van der Waals surface area (Å²) in [6.45, 7) is 1.82. The molecule has 0 spiro atoms. The van der Waals surface area contributed by atoms with Crippen molar-refractivity contribution in [2.45, 2.75) is 11.1 Å². The molecule has 19 heavy (non-hydrogen) atoms. The van der Waals surface area contributed by atoms with Crippen molar-refractivity contribution in [2.24, 2.45) is 0 Å². The van der Waals surface area contributed by atoms with Gasteiger partial charge in [0.25, 0.3) is 10.0 Å². The largest absolute Gasteiger partial charge is 0.476 e. The van der Waals surface area contributed by atoms with Crippen LogP contribution in [0.25, 0.3) is 0 Å². The van der Waals surface area contributed by atoms with Gasteiger partial charge >= 0.3 is 5.97 Å². The van der Waals surface area contributed by atoms with Crippen LogP contribution in [0.2, 0.25) is 0 Å². The summed E-state index contributed by atoms with van der Waals surface area (Å²) in [6, 6.07) is 3.18. The number of anilines is 1. The summed E-state index contributed by atoms with van der Waals surface area (Å²) in [6.07, 6.45) is 1.50. The molecule has 7 nitrogen and oxygen atoms in total. The molecule has 0 aliphatic heterocycles. The smallest absolute Gasteiger partial charge is 0.356 e. The monoisotopic (exact) mass is 299 g/mol. The predicted molar refractivity (Wildman–Crippen MR) is 68.9 cm³/mol. The fourth-order valence-corrected chi connectivity index (χ4v) is 3.43. The van der Waals surface area contributed by atoms with Crippen molar-refractivity contribution < 1.29 is 18.3 Å². The highest BCUT2D eigenvalue weighted by Crippen LogP contribution is 2.22. The van der Waals surface area contributed by atoms with Crippen molar-refractivity contribution in [2.75, 3.05) is 4.72 Å². The summed E-state index contributed by atoms with van der Waals surface area (Å²) < 4.78 is 25.9. The van der Waals surface area contributed by atoms with E-state index in [4.69, 9.17) is 5.11 Å². The second-order valence-electron chi connectivity index (χ2n) is 3.62. The van der Waals surface area contributed by atoms with E-state index in [0.29, 0.717) is 0 Å². The van der Waals surface area contributed by atoms with Crippen molar-refractivity contribution in [3.8, 4) is 0 Å². The number of aryl methyl sites for hydroxylation is 1. The summed E-state index contributed by atoms with van der Waals surface area (Å²) in [7, 11) is -4.00. The van der Waals surface area contributed by atoms with Crippen LogP contribution >= 0.6 is 11.3 Å². The van der Waals surface area contributed by atoms with E-state index >= 15 is 0 Å². The Labute approximate surface area is 113 Å². The first-order valence-electron chi connectivity index (χ1n) is 5.02. The van der Waals surface area contributed by atoms with Gasteiger partial charge in [-0.2, -0.15) is 0 Å². The lowest BCUT2D eigenvalue weighted by Gasteiger charge is -2.05. The Kier molecular flexibility index (Phi) is 3.49. The topological polar surface area (TPSA) is 109 Å². The molecule has 0 aliphatic rings. The van der Waals surface area contributed by atoms with Crippen LogP contribution in [0.1, 0.15) is 16.1 Å². The lowest BCUT2D eigenvalue weighted by molar-refractivity contribution is 0.0687. The molecule has 0 radical (unpaired) electrons. The minimum absolute atomic E-state index is 0.121. The number of sulfonamides is 1. The van der Waals surface area contributed by atoms with Crippen LogP contribution < -0.4 is 4.72 Å². The van der Waals surface area contributed by atoms with Crippen LogP contribution in [-0.2, 0) is 10.0 Å². The summed E-state index contributed by atoms with van der Waals surface area (Å²) in [5.74, 6) is -1.27. The molecular formula is C10H9N3O4S2.